The summed E-state index contributed by atoms with van der Waals surface area (Å²) in [5.74, 6) is -1.33. The van der Waals surface area contributed by atoms with Crippen LogP contribution in [0.3, 0.4) is 0 Å². The highest BCUT2D eigenvalue weighted by Gasteiger charge is 2.17. The van der Waals surface area contributed by atoms with Crippen LogP contribution < -0.4 is 5.32 Å². The molecule has 0 atom stereocenters. The molecule has 0 radical (unpaired) electrons. The van der Waals surface area contributed by atoms with Crippen molar-refractivity contribution in [1.29, 1.82) is 0 Å². The largest absolute Gasteiger partial charge is 0.452 e. The van der Waals surface area contributed by atoms with Gasteiger partial charge in [-0.3, -0.25) is 14.9 Å². The third-order valence-electron chi connectivity index (χ3n) is 3.46. The zero-order valence-electron chi connectivity index (χ0n) is 13.5. The lowest BCUT2D eigenvalue weighted by Crippen LogP contribution is -2.22. The Morgan fingerprint density at radius 1 is 1.20 bits per heavy atom. The predicted octanol–water partition coefficient (Wildman–Crippen LogP) is 3.66. The van der Waals surface area contributed by atoms with Gasteiger partial charge in [-0.1, -0.05) is 29.8 Å². The van der Waals surface area contributed by atoms with Crippen LogP contribution in [0.4, 0.5) is 11.4 Å². The number of anilines is 1. The first-order chi connectivity index (χ1) is 11.8. The van der Waals surface area contributed by atoms with Crippen molar-refractivity contribution in [1.82, 2.24) is 0 Å². The molecule has 2 aromatic rings. The predicted molar refractivity (Wildman–Crippen MR) is 92.9 cm³/mol. The van der Waals surface area contributed by atoms with Gasteiger partial charge in [0.05, 0.1) is 15.5 Å². The number of benzene rings is 2. The molecule has 8 heteroatoms. The summed E-state index contributed by atoms with van der Waals surface area (Å²) in [4.78, 5) is 34.0. The van der Waals surface area contributed by atoms with Crippen molar-refractivity contribution in [3.05, 3.63) is 68.2 Å². The quantitative estimate of drug-likeness (QED) is 0.497. The fraction of sp³-hybridized carbons (Fsp3) is 0.176. The molecule has 0 heterocycles. The second-order valence-corrected chi connectivity index (χ2v) is 5.72. The number of non-ortho nitro benzene ring substituents is 1. The molecule has 25 heavy (non-hydrogen) atoms. The fourth-order valence-corrected chi connectivity index (χ4v) is 2.43. The molecule has 130 valence electrons. The van der Waals surface area contributed by atoms with Gasteiger partial charge >= 0.3 is 5.97 Å². The lowest BCUT2D eigenvalue weighted by molar-refractivity contribution is -0.384. The normalized spacial score (nSPS) is 10.2. The van der Waals surface area contributed by atoms with E-state index in [9.17, 15) is 19.7 Å². The van der Waals surface area contributed by atoms with Gasteiger partial charge in [0.1, 0.15) is 0 Å². The standard InChI is InChI=1S/C17H15ClN2O5/c1-10-4-3-5-11(2)16(10)19-15(21)9-25-17(22)13-7-6-12(20(23)24)8-14(13)18/h3-8H,9H2,1-2H3,(H,19,21). The third-order valence-corrected chi connectivity index (χ3v) is 3.78. The number of nitro groups is 1. The van der Waals surface area contributed by atoms with Crippen molar-refractivity contribution in [2.75, 3.05) is 11.9 Å². The smallest absolute Gasteiger partial charge is 0.340 e. The van der Waals surface area contributed by atoms with Gasteiger partial charge in [0.15, 0.2) is 6.61 Å². The van der Waals surface area contributed by atoms with Crippen LogP contribution in [0.25, 0.3) is 0 Å². The number of rotatable bonds is 5. The molecule has 2 aromatic carbocycles. The summed E-state index contributed by atoms with van der Waals surface area (Å²) >= 11 is 5.85. The van der Waals surface area contributed by atoms with Crippen LogP contribution in [0, 0.1) is 24.0 Å². The first-order valence-corrected chi connectivity index (χ1v) is 7.64. The van der Waals surface area contributed by atoms with E-state index in [-0.39, 0.29) is 16.3 Å². The minimum Gasteiger partial charge on any atom is -0.452 e. The lowest BCUT2D eigenvalue weighted by Gasteiger charge is -2.11. The Balaban J connectivity index is 2.00. The Morgan fingerprint density at radius 2 is 1.84 bits per heavy atom. The van der Waals surface area contributed by atoms with E-state index >= 15 is 0 Å². The molecule has 0 aliphatic rings. The van der Waals surface area contributed by atoms with Crippen LogP contribution in [-0.2, 0) is 9.53 Å². The summed E-state index contributed by atoms with van der Waals surface area (Å²) in [5.41, 5.74) is 2.15. The number of para-hydroxylation sites is 1. The SMILES string of the molecule is Cc1cccc(C)c1NC(=O)COC(=O)c1ccc([N+](=O)[O-])cc1Cl. The number of amides is 1. The van der Waals surface area contributed by atoms with E-state index in [0.29, 0.717) is 5.69 Å². The fourth-order valence-electron chi connectivity index (χ4n) is 2.18. The van der Waals surface area contributed by atoms with E-state index < -0.39 is 23.4 Å². The van der Waals surface area contributed by atoms with Gasteiger partial charge in [0.2, 0.25) is 0 Å². The molecule has 0 aliphatic carbocycles. The number of nitro benzene ring substituents is 1. The van der Waals surface area contributed by atoms with Crippen LogP contribution in [0.5, 0.6) is 0 Å². The van der Waals surface area contributed by atoms with E-state index in [1.54, 1.807) is 0 Å². The lowest BCUT2D eigenvalue weighted by atomic mass is 10.1. The van der Waals surface area contributed by atoms with Crippen LogP contribution in [0.2, 0.25) is 5.02 Å². The average Bonchev–Trinajstić information content (AvgIpc) is 2.56. The molecule has 0 bridgehead atoms. The number of nitrogens with zero attached hydrogens (tertiary/aromatic N) is 1. The molecule has 0 saturated heterocycles. The Labute approximate surface area is 148 Å². The van der Waals surface area contributed by atoms with Gasteiger partial charge in [-0.05, 0) is 31.0 Å². The van der Waals surface area contributed by atoms with Crippen molar-refractivity contribution >= 4 is 34.9 Å². The highest BCUT2D eigenvalue weighted by molar-refractivity contribution is 6.33. The molecule has 7 nitrogen and oxygen atoms in total. The zero-order valence-corrected chi connectivity index (χ0v) is 14.3. The minimum atomic E-state index is -0.837. The van der Waals surface area contributed by atoms with Crippen molar-refractivity contribution in [3.63, 3.8) is 0 Å². The molecule has 1 amide bonds. The third kappa shape index (κ3) is 4.54. The number of ether oxygens (including phenoxy) is 1. The highest BCUT2D eigenvalue weighted by atomic mass is 35.5. The maximum Gasteiger partial charge on any atom is 0.340 e. The summed E-state index contributed by atoms with van der Waals surface area (Å²) in [6, 6.07) is 8.95. The molecule has 0 aromatic heterocycles. The number of esters is 1. The molecule has 2 rings (SSSR count). The number of carbonyl (C=O) groups excluding carboxylic acids is 2. The van der Waals surface area contributed by atoms with E-state index in [1.165, 1.54) is 6.07 Å². The Kier molecular flexibility index (Phi) is 5.71. The maximum absolute atomic E-state index is 12.0. The number of carbonyl (C=O) groups is 2. The molecule has 0 fully saturated rings. The molecule has 0 saturated carbocycles. The van der Waals surface area contributed by atoms with Crippen LogP contribution in [0.1, 0.15) is 21.5 Å². The van der Waals surface area contributed by atoms with E-state index in [0.717, 1.165) is 23.3 Å². The van der Waals surface area contributed by atoms with Gasteiger partial charge in [-0.25, -0.2) is 4.79 Å². The summed E-state index contributed by atoms with van der Waals surface area (Å²) in [6.07, 6.45) is 0. The molecular formula is C17H15ClN2O5. The van der Waals surface area contributed by atoms with Crippen molar-refractivity contribution in [2.24, 2.45) is 0 Å². The van der Waals surface area contributed by atoms with Gasteiger partial charge in [-0.15, -0.1) is 0 Å². The number of aryl methyl sites for hydroxylation is 2. The summed E-state index contributed by atoms with van der Waals surface area (Å²) < 4.78 is 4.92. The summed E-state index contributed by atoms with van der Waals surface area (Å²) in [5, 5.41) is 13.2. The molecule has 0 spiro atoms. The monoisotopic (exact) mass is 362 g/mol. The van der Waals surface area contributed by atoms with Crippen LogP contribution in [-0.4, -0.2) is 23.4 Å². The average molecular weight is 363 g/mol. The van der Waals surface area contributed by atoms with Crippen LogP contribution in [0.15, 0.2) is 36.4 Å². The van der Waals surface area contributed by atoms with E-state index in [4.69, 9.17) is 16.3 Å². The zero-order chi connectivity index (χ0) is 18.6. The van der Waals surface area contributed by atoms with Crippen molar-refractivity contribution in [2.45, 2.75) is 13.8 Å². The Bertz CT molecular complexity index is 831. The topological polar surface area (TPSA) is 98.5 Å². The van der Waals surface area contributed by atoms with Crippen molar-refractivity contribution in [3.8, 4) is 0 Å². The number of nitrogens with one attached hydrogen (secondary N) is 1. The second kappa shape index (κ2) is 7.76. The summed E-state index contributed by atoms with van der Waals surface area (Å²) in [6.45, 7) is 3.20. The van der Waals surface area contributed by atoms with E-state index in [1.807, 2.05) is 32.0 Å². The maximum atomic E-state index is 12.0. The Morgan fingerprint density at radius 3 is 2.40 bits per heavy atom. The van der Waals surface area contributed by atoms with Crippen LogP contribution >= 0.6 is 11.6 Å². The first kappa shape index (κ1) is 18.4. The van der Waals surface area contributed by atoms with Gasteiger partial charge in [-0.2, -0.15) is 0 Å². The molecular weight excluding hydrogens is 348 g/mol. The minimum absolute atomic E-state index is 0.0489. The number of halogens is 1. The van der Waals surface area contributed by atoms with Gasteiger partial charge in [0.25, 0.3) is 11.6 Å². The number of hydrogen-bond acceptors (Lipinski definition) is 5. The molecule has 0 unspecified atom stereocenters. The first-order valence-electron chi connectivity index (χ1n) is 7.26. The number of hydrogen-bond donors (Lipinski definition) is 1. The highest BCUT2D eigenvalue weighted by Crippen LogP contribution is 2.23. The Hall–Kier alpha value is -2.93. The summed E-state index contributed by atoms with van der Waals surface area (Å²) in [7, 11) is 0. The van der Waals surface area contributed by atoms with Gasteiger partial charge in [0, 0.05) is 17.8 Å². The van der Waals surface area contributed by atoms with Crippen molar-refractivity contribution < 1.29 is 19.2 Å². The second-order valence-electron chi connectivity index (χ2n) is 5.31. The van der Waals surface area contributed by atoms with Gasteiger partial charge < -0.3 is 10.1 Å². The van der Waals surface area contributed by atoms with E-state index in [2.05, 4.69) is 5.32 Å². The molecule has 0 aliphatic heterocycles. The molecule has 1 N–H and O–H groups in total.